The molecule has 2 aromatic heterocycles. The van der Waals surface area contributed by atoms with Gasteiger partial charge < -0.3 is 0 Å². The number of aromatic nitrogens is 4. The van der Waals surface area contributed by atoms with E-state index < -0.39 is 0 Å². The standard InChI is InChI=1S/C21H14N7/c1-2-8-15-13(6-1)20(14-7-5-11-18-21(14)24-27-23-18)19(12-22-15)28-25-16-9-3-4-10-17(16)26-28/h1-11,25-26H,(H,23,24,27). The van der Waals surface area contributed by atoms with Crippen LogP contribution in [-0.4, -0.2) is 20.4 Å². The van der Waals surface area contributed by atoms with Crippen LogP contribution in [0.25, 0.3) is 33.1 Å². The first-order valence-electron chi connectivity index (χ1n) is 8.91. The summed E-state index contributed by atoms with van der Waals surface area (Å²) in [5, 5.41) is 14.1. The molecule has 0 atom stereocenters. The number of pyridine rings is 1. The Bertz CT molecular complexity index is 1320. The van der Waals surface area contributed by atoms with Crippen molar-refractivity contribution in [3.05, 3.63) is 72.9 Å². The van der Waals surface area contributed by atoms with Crippen LogP contribution in [0.5, 0.6) is 0 Å². The fourth-order valence-corrected chi connectivity index (χ4v) is 3.64. The number of aromatic amines is 1. The first-order chi connectivity index (χ1) is 13.9. The van der Waals surface area contributed by atoms with Gasteiger partial charge in [0.25, 0.3) is 0 Å². The molecule has 0 saturated heterocycles. The molecule has 0 amide bonds. The average Bonchev–Trinajstić information content (AvgIpc) is 3.39. The molecule has 0 fully saturated rings. The van der Waals surface area contributed by atoms with Crippen LogP contribution >= 0.6 is 0 Å². The zero-order valence-electron chi connectivity index (χ0n) is 14.6. The molecule has 5 aromatic rings. The van der Waals surface area contributed by atoms with Gasteiger partial charge in [0.2, 0.25) is 0 Å². The van der Waals surface area contributed by atoms with Gasteiger partial charge in [-0.2, -0.15) is 5.12 Å². The highest BCUT2D eigenvalue weighted by molar-refractivity contribution is 6.07. The van der Waals surface area contributed by atoms with E-state index in [1.807, 2.05) is 65.8 Å². The predicted octanol–water partition coefficient (Wildman–Crippen LogP) is 4.15. The quantitative estimate of drug-likeness (QED) is 0.437. The van der Waals surface area contributed by atoms with Crippen molar-refractivity contribution in [1.82, 2.24) is 20.4 Å². The molecule has 3 N–H and O–H groups in total. The lowest BCUT2D eigenvalue weighted by Gasteiger charge is -2.22. The maximum Gasteiger partial charge on any atom is 0.120 e. The molecule has 133 valence electrons. The van der Waals surface area contributed by atoms with E-state index in [0.717, 1.165) is 50.1 Å². The number of anilines is 3. The van der Waals surface area contributed by atoms with E-state index >= 15 is 0 Å². The highest BCUT2D eigenvalue weighted by Gasteiger charge is 2.24. The van der Waals surface area contributed by atoms with Gasteiger partial charge in [-0.15, -0.1) is 5.10 Å². The summed E-state index contributed by atoms with van der Waals surface area (Å²) in [7, 11) is 0. The molecule has 7 nitrogen and oxygen atoms in total. The van der Waals surface area contributed by atoms with E-state index in [4.69, 9.17) is 0 Å². The number of hydrogen-bond donors (Lipinski definition) is 3. The summed E-state index contributed by atoms with van der Waals surface area (Å²) in [5.74, 6) is 0. The van der Waals surface area contributed by atoms with Crippen LogP contribution in [0.2, 0.25) is 0 Å². The molecule has 1 aliphatic rings. The normalized spacial score (nSPS) is 12.8. The van der Waals surface area contributed by atoms with Gasteiger partial charge in [-0.05, 0) is 24.3 Å². The molecule has 0 aliphatic carbocycles. The van der Waals surface area contributed by atoms with Crippen LogP contribution in [0, 0.1) is 6.20 Å². The Morgan fingerprint density at radius 1 is 0.821 bits per heavy atom. The SMILES string of the molecule is [c]1nc2ccccc2c(-c2cccc3[nH]nnc23)c1N1Nc2ccccc2N1. The molecule has 28 heavy (non-hydrogen) atoms. The third-order valence-electron chi connectivity index (χ3n) is 4.93. The van der Waals surface area contributed by atoms with E-state index in [0.29, 0.717) is 0 Å². The highest BCUT2D eigenvalue weighted by Crippen LogP contribution is 2.41. The zero-order valence-corrected chi connectivity index (χ0v) is 14.6. The second-order valence-electron chi connectivity index (χ2n) is 6.58. The van der Waals surface area contributed by atoms with Crippen LogP contribution in [0.1, 0.15) is 0 Å². The van der Waals surface area contributed by atoms with Gasteiger partial charge in [0.05, 0.1) is 22.4 Å². The number of para-hydroxylation sites is 3. The largest absolute Gasteiger partial charge is 0.277 e. The van der Waals surface area contributed by atoms with Gasteiger partial charge >= 0.3 is 0 Å². The smallest absolute Gasteiger partial charge is 0.120 e. The number of rotatable bonds is 2. The van der Waals surface area contributed by atoms with Gasteiger partial charge in [-0.25, -0.2) is 4.98 Å². The van der Waals surface area contributed by atoms with Gasteiger partial charge in [-0.3, -0.25) is 16.0 Å². The summed E-state index contributed by atoms with van der Waals surface area (Å²) < 4.78 is 0. The Kier molecular flexibility index (Phi) is 3.04. The Balaban J connectivity index is 1.63. The van der Waals surface area contributed by atoms with Crippen LogP contribution in [-0.2, 0) is 0 Å². The Labute approximate surface area is 160 Å². The highest BCUT2D eigenvalue weighted by atomic mass is 15.8. The van der Waals surface area contributed by atoms with Gasteiger partial charge in [0.1, 0.15) is 17.4 Å². The first-order valence-corrected chi connectivity index (χ1v) is 8.91. The Morgan fingerprint density at radius 3 is 2.46 bits per heavy atom. The van der Waals surface area contributed by atoms with Crippen molar-refractivity contribution >= 4 is 39.0 Å². The molecule has 1 radical (unpaired) electrons. The maximum atomic E-state index is 4.55. The molecule has 3 aromatic carbocycles. The number of hydrazine groups is 2. The number of H-pyrrole nitrogens is 1. The summed E-state index contributed by atoms with van der Waals surface area (Å²) >= 11 is 0. The monoisotopic (exact) mass is 364 g/mol. The van der Waals surface area contributed by atoms with Gasteiger partial charge in [0.15, 0.2) is 0 Å². The maximum absolute atomic E-state index is 4.55. The lowest BCUT2D eigenvalue weighted by Crippen LogP contribution is -2.30. The topological polar surface area (TPSA) is 81.8 Å². The summed E-state index contributed by atoms with van der Waals surface area (Å²) in [5.41, 5.74) is 14.0. The summed E-state index contributed by atoms with van der Waals surface area (Å²) in [6.45, 7) is 0. The number of hydrogen-bond acceptors (Lipinski definition) is 6. The number of benzene rings is 3. The van der Waals surface area contributed by atoms with Crippen LogP contribution in [0.15, 0.2) is 66.7 Å². The number of nitrogens with one attached hydrogen (secondary N) is 3. The Morgan fingerprint density at radius 2 is 1.61 bits per heavy atom. The lowest BCUT2D eigenvalue weighted by molar-refractivity contribution is 0.959. The molecular formula is C21H14N7. The van der Waals surface area contributed by atoms with Crippen molar-refractivity contribution in [3.8, 4) is 11.1 Å². The number of fused-ring (bicyclic) bond motifs is 3. The van der Waals surface area contributed by atoms with E-state index in [1.165, 1.54) is 0 Å². The fourth-order valence-electron chi connectivity index (χ4n) is 3.64. The molecule has 0 unspecified atom stereocenters. The minimum absolute atomic E-state index is 0.783. The molecule has 0 spiro atoms. The van der Waals surface area contributed by atoms with Gasteiger partial charge in [-0.1, -0.05) is 47.7 Å². The molecular weight excluding hydrogens is 350 g/mol. The molecule has 7 heteroatoms. The minimum atomic E-state index is 0.783. The van der Waals surface area contributed by atoms with Crippen molar-refractivity contribution in [1.29, 1.82) is 0 Å². The molecule has 0 saturated carbocycles. The van der Waals surface area contributed by atoms with E-state index in [-0.39, 0.29) is 0 Å². The van der Waals surface area contributed by atoms with Crippen LogP contribution in [0.4, 0.5) is 17.1 Å². The zero-order chi connectivity index (χ0) is 18.5. The summed E-state index contributed by atoms with van der Waals surface area (Å²) in [6.07, 6.45) is 3.20. The molecule has 0 bridgehead atoms. The van der Waals surface area contributed by atoms with E-state index in [9.17, 15) is 0 Å². The lowest BCUT2D eigenvalue weighted by atomic mass is 9.98. The van der Waals surface area contributed by atoms with Crippen molar-refractivity contribution in [2.45, 2.75) is 0 Å². The second kappa shape index (κ2) is 5.68. The third-order valence-corrected chi connectivity index (χ3v) is 4.93. The van der Waals surface area contributed by atoms with Crippen molar-refractivity contribution in [2.75, 3.05) is 16.0 Å². The molecule has 1 aliphatic heterocycles. The summed E-state index contributed by atoms with van der Waals surface area (Å²) in [4.78, 5) is 4.55. The molecule has 6 rings (SSSR count). The van der Waals surface area contributed by atoms with Gasteiger partial charge in [0, 0.05) is 16.5 Å². The average molecular weight is 364 g/mol. The second-order valence-corrected chi connectivity index (χ2v) is 6.58. The van der Waals surface area contributed by atoms with E-state index in [1.54, 1.807) is 0 Å². The van der Waals surface area contributed by atoms with Crippen molar-refractivity contribution in [3.63, 3.8) is 0 Å². The molecule has 3 heterocycles. The van der Waals surface area contributed by atoms with Crippen LogP contribution in [0.3, 0.4) is 0 Å². The fraction of sp³-hybridized carbons (Fsp3) is 0. The Hall–Kier alpha value is -4.13. The summed E-state index contributed by atoms with van der Waals surface area (Å²) in [6, 6.07) is 22.1. The van der Waals surface area contributed by atoms with E-state index in [2.05, 4.69) is 43.5 Å². The van der Waals surface area contributed by atoms with Crippen molar-refractivity contribution in [2.24, 2.45) is 0 Å². The van der Waals surface area contributed by atoms with Crippen molar-refractivity contribution < 1.29 is 0 Å². The number of nitrogens with zero attached hydrogens (tertiary/aromatic N) is 4. The third kappa shape index (κ3) is 2.13. The first kappa shape index (κ1) is 15.0. The predicted molar refractivity (Wildman–Crippen MR) is 110 cm³/mol. The van der Waals surface area contributed by atoms with Crippen LogP contribution < -0.4 is 16.0 Å². The minimum Gasteiger partial charge on any atom is -0.277 e.